The van der Waals surface area contributed by atoms with Gasteiger partial charge in [0.05, 0.1) is 25.7 Å². The van der Waals surface area contributed by atoms with Crippen molar-refractivity contribution in [1.29, 1.82) is 0 Å². The molecule has 1 aromatic heterocycles. The van der Waals surface area contributed by atoms with Crippen molar-refractivity contribution in [3.8, 4) is 0 Å². The first kappa shape index (κ1) is 14.7. The molecule has 1 aliphatic rings. The van der Waals surface area contributed by atoms with Crippen LogP contribution in [0.2, 0.25) is 0 Å². The Balaban J connectivity index is 1.65. The topological polar surface area (TPSA) is 83.0 Å². The molecule has 1 aromatic carbocycles. The van der Waals surface area contributed by atoms with E-state index in [1.165, 1.54) is 15.0 Å². The number of aliphatic imine (C=N–C) groups is 2. The van der Waals surface area contributed by atoms with E-state index in [0.29, 0.717) is 12.4 Å². The molecule has 5 nitrogen and oxygen atoms in total. The molecule has 0 amide bonds. The number of aliphatic hydroxyl groups is 1. The van der Waals surface area contributed by atoms with E-state index in [1.54, 1.807) is 17.4 Å². The second kappa shape index (κ2) is 6.72. The lowest BCUT2D eigenvalue weighted by Gasteiger charge is -2.07. The molecule has 0 spiro atoms. The van der Waals surface area contributed by atoms with Crippen LogP contribution < -0.4 is 11.1 Å². The van der Waals surface area contributed by atoms with Crippen LogP contribution in [0.25, 0.3) is 10.1 Å². The Kier molecular flexibility index (Phi) is 4.50. The molecule has 0 saturated carbocycles. The lowest BCUT2D eigenvalue weighted by Crippen LogP contribution is -2.21. The summed E-state index contributed by atoms with van der Waals surface area (Å²) in [7, 11) is 0. The van der Waals surface area contributed by atoms with Crippen LogP contribution in [0.4, 0.5) is 0 Å². The summed E-state index contributed by atoms with van der Waals surface area (Å²) in [5, 5.41) is 13.4. The van der Waals surface area contributed by atoms with Crippen molar-refractivity contribution in [2.75, 3.05) is 19.7 Å². The average molecular weight is 314 g/mol. The highest BCUT2D eigenvalue weighted by molar-refractivity contribution is 7.19. The smallest absolute Gasteiger partial charge is 0.121 e. The van der Waals surface area contributed by atoms with E-state index < -0.39 is 0 Å². The number of amidine groups is 2. The molecule has 0 fully saturated rings. The van der Waals surface area contributed by atoms with Crippen LogP contribution in [0, 0.1) is 0 Å². The van der Waals surface area contributed by atoms with Gasteiger partial charge in [-0.2, -0.15) is 0 Å². The molecule has 0 aliphatic carbocycles. The first-order valence-corrected chi connectivity index (χ1v) is 7.96. The second-order valence-corrected chi connectivity index (χ2v) is 6.09. The number of nitrogens with zero attached hydrogens (tertiary/aromatic N) is 2. The lowest BCUT2D eigenvalue weighted by atomic mass is 10.2. The Labute approximate surface area is 132 Å². The van der Waals surface area contributed by atoms with Crippen molar-refractivity contribution in [1.82, 2.24) is 5.32 Å². The highest BCUT2D eigenvalue weighted by atomic mass is 32.1. The highest BCUT2D eigenvalue weighted by Crippen LogP contribution is 2.31. The SMILES string of the molecule is NC(/C=C\C1=NCC(c2cc3ccccc3s2)N1)=NCCO. The van der Waals surface area contributed by atoms with Gasteiger partial charge in [0, 0.05) is 9.58 Å². The Morgan fingerprint density at radius 1 is 1.50 bits per heavy atom. The van der Waals surface area contributed by atoms with Crippen molar-refractivity contribution in [2.45, 2.75) is 6.04 Å². The highest BCUT2D eigenvalue weighted by Gasteiger charge is 2.19. The number of benzene rings is 1. The van der Waals surface area contributed by atoms with E-state index in [2.05, 4.69) is 45.6 Å². The monoisotopic (exact) mass is 314 g/mol. The van der Waals surface area contributed by atoms with Gasteiger partial charge in [0.25, 0.3) is 0 Å². The molecule has 1 atom stereocenters. The van der Waals surface area contributed by atoms with Gasteiger partial charge in [-0.25, -0.2) is 0 Å². The minimum absolute atomic E-state index is 0.00173. The van der Waals surface area contributed by atoms with E-state index in [4.69, 9.17) is 10.8 Å². The maximum Gasteiger partial charge on any atom is 0.121 e. The number of aliphatic hydroxyl groups excluding tert-OH is 1. The van der Waals surface area contributed by atoms with Crippen molar-refractivity contribution in [2.24, 2.45) is 15.7 Å². The molecule has 3 rings (SSSR count). The van der Waals surface area contributed by atoms with Crippen LogP contribution in [-0.4, -0.2) is 36.5 Å². The normalized spacial score (nSPS) is 18.9. The summed E-state index contributed by atoms with van der Waals surface area (Å²) in [6.45, 7) is 1.04. The van der Waals surface area contributed by atoms with Gasteiger partial charge in [-0.3, -0.25) is 9.98 Å². The Bertz CT molecular complexity index is 714. The van der Waals surface area contributed by atoms with Gasteiger partial charge >= 0.3 is 0 Å². The summed E-state index contributed by atoms with van der Waals surface area (Å²) < 4.78 is 1.30. The van der Waals surface area contributed by atoms with Gasteiger partial charge < -0.3 is 16.2 Å². The molecule has 0 bridgehead atoms. The zero-order valence-corrected chi connectivity index (χ0v) is 12.9. The number of thiophene rings is 1. The minimum Gasteiger partial charge on any atom is -0.394 e. The van der Waals surface area contributed by atoms with Gasteiger partial charge in [0.15, 0.2) is 0 Å². The first-order chi connectivity index (χ1) is 10.8. The minimum atomic E-state index is 0.00173. The maximum absolute atomic E-state index is 8.69. The number of fused-ring (bicyclic) bond motifs is 1. The number of hydrogen-bond acceptors (Lipinski definition) is 5. The fraction of sp³-hybridized carbons (Fsp3) is 0.250. The fourth-order valence-corrected chi connectivity index (χ4v) is 3.40. The van der Waals surface area contributed by atoms with Crippen molar-refractivity contribution >= 4 is 33.1 Å². The summed E-state index contributed by atoms with van der Waals surface area (Å²) in [5.41, 5.74) is 5.71. The third-order valence-electron chi connectivity index (χ3n) is 3.36. The first-order valence-electron chi connectivity index (χ1n) is 7.14. The van der Waals surface area contributed by atoms with Gasteiger partial charge in [-0.1, -0.05) is 18.2 Å². The largest absolute Gasteiger partial charge is 0.394 e. The molecular weight excluding hydrogens is 296 g/mol. The van der Waals surface area contributed by atoms with Crippen LogP contribution in [0.1, 0.15) is 10.9 Å². The third-order valence-corrected chi connectivity index (χ3v) is 4.59. The fourth-order valence-electron chi connectivity index (χ4n) is 2.29. The molecule has 0 radical (unpaired) electrons. The maximum atomic E-state index is 8.69. The summed E-state index contributed by atoms with van der Waals surface area (Å²) >= 11 is 1.80. The van der Waals surface area contributed by atoms with E-state index in [9.17, 15) is 0 Å². The van der Waals surface area contributed by atoms with Crippen molar-refractivity contribution < 1.29 is 5.11 Å². The molecule has 1 unspecified atom stereocenters. The van der Waals surface area contributed by atoms with E-state index >= 15 is 0 Å². The molecule has 4 N–H and O–H groups in total. The van der Waals surface area contributed by atoms with E-state index in [1.807, 2.05) is 6.08 Å². The zero-order valence-electron chi connectivity index (χ0n) is 12.1. The summed E-state index contributed by atoms with van der Waals surface area (Å²) in [6, 6.07) is 10.8. The summed E-state index contributed by atoms with van der Waals surface area (Å²) in [6.07, 6.45) is 3.53. The van der Waals surface area contributed by atoms with Gasteiger partial charge in [0.1, 0.15) is 11.7 Å². The van der Waals surface area contributed by atoms with Crippen LogP contribution in [-0.2, 0) is 0 Å². The predicted molar refractivity (Wildman–Crippen MR) is 92.7 cm³/mol. The molecular formula is C16H18N4OS. The Morgan fingerprint density at radius 3 is 3.18 bits per heavy atom. The van der Waals surface area contributed by atoms with Crippen LogP contribution in [0.5, 0.6) is 0 Å². The second-order valence-electron chi connectivity index (χ2n) is 4.97. The molecule has 2 heterocycles. The molecule has 2 aromatic rings. The molecule has 6 heteroatoms. The van der Waals surface area contributed by atoms with E-state index in [-0.39, 0.29) is 12.6 Å². The molecule has 22 heavy (non-hydrogen) atoms. The van der Waals surface area contributed by atoms with E-state index in [0.717, 1.165) is 12.4 Å². The third kappa shape index (κ3) is 3.35. The number of nitrogens with two attached hydrogens (primary N) is 1. The average Bonchev–Trinajstić information content (AvgIpc) is 3.16. The Hall–Kier alpha value is -2.18. The van der Waals surface area contributed by atoms with Crippen LogP contribution >= 0.6 is 11.3 Å². The van der Waals surface area contributed by atoms with Crippen molar-refractivity contribution in [3.63, 3.8) is 0 Å². The van der Waals surface area contributed by atoms with Crippen molar-refractivity contribution in [3.05, 3.63) is 47.4 Å². The number of hydrogen-bond donors (Lipinski definition) is 3. The van der Waals surface area contributed by atoms with Gasteiger partial charge in [-0.05, 0) is 29.7 Å². The molecule has 1 aliphatic heterocycles. The van der Waals surface area contributed by atoms with Gasteiger partial charge in [0.2, 0.25) is 0 Å². The number of rotatable bonds is 5. The standard InChI is InChI=1S/C16H18N4OS/c17-15(18-7-8-21)5-6-16-19-10-12(20-16)14-9-11-3-1-2-4-13(11)22-14/h1-6,9,12,21H,7-8,10H2,(H2,17,18)(H,19,20)/b6-5-. The summed E-state index contributed by atoms with van der Waals surface area (Å²) in [5.74, 6) is 1.20. The van der Waals surface area contributed by atoms with Crippen LogP contribution in [0.15, 0.2) is 52.5 Å². The Morgan fingerprint density at radius 2 is 2.36 bits per heavy atom. The number of nitrogens with one attached hydrogen (secondary N) is 1. The predicted octanol–water partition coefficient (Wildman–Crippen LogP) is 1.85. The van der Waals surface area contributed by atoms with Crippen LogP contribution in [0.3, 0.4) is 0 Å². The lowest BCUT2D eigenvalue weighted by molar-refractivity contribution is 0.307. The summed E-state index contributed by atoms with van der Waals surface area (Å²) in [4.78, 5) is 9.76. The molecule has 0 saturated heterocycles. The van der Waals surface area contributed by atoms with Gasteiger partial charge in [-0.15, -0.1) is 11.3 Å². The quantitative estimate of drug-likeness (QED) is 0.582. The molecule has 114 valence electrons. The zero-order chi connectivity index (χ0) is 15.4.